The van der Waals surface area contributed by atoms with Gasteiger partial charge < -0.3 is 0 Å². The lowest BCUT2D eigenvalue weighted by molar-refractivity contribution is 0.236. The maximum atomic E-state index is 6.15. The van der Waals surface area contributed by atoms with Crippen molar-refractivity contribution in [2.75, 3.05) is 0 Å². The second-order valence-electron chi connectivity index (χ2n) is 5.77. The highest BCUT2D eigenvalue weighted by Gasteiger charge is 2.31. The van der Waals surface area contributed by atoms with Gasteiger partial charge in [0.2, 0.25) is 0 Å². The molecule has 0 bridgehead atoms. The Hall–Kier alpha value is 0.0649. The monoisotopic (exact) mass is 194 g/mol. The van der Waals surface area contributed by atoms with Crippen LogP contribution in [0.25, 0.3) is 0 Å². The molecular formula is C13H27B. The quantitative estimate of drug-likeness (QED) is 0.405. The van der Waals surface area contributed by atoms with Gasteiger partial charge in [-0.05, 0) is 11.8 Å². The van der Waals surface area contributed by atoms with Gasteiger partial charge in [-0.15, -0.1) is 0 Å². The molecule has 0 spiro atoms. The first-order valence-corrected chi connectivity index (χ1v) is 6.10. The van der Waals surface area contributed by atoms with Crippen molar-refractivity contribution in [3.63, 3.8) is 0 Å². The number of hydrogen-bond acceptors (Lipinski definition) is 0. The molecule has 0 rings (SSSR count). The molecule has 1 heteroatoms. The van der Waals surface area contributed by atoms with Gasteiger partial charge >= 0.3 is 0 Å². The summed E-state index contributed by atoms with van der Waals surface area (Å²) in [5.41, 5.74) is 0.263. The highest BCUT2D eigenvalue weighted by molar-refractivity contribution is 6.15. The van der Waals surface area contributed by atoms with Crippen molar-refractivity contribution in [3.8, 4) is 0 Å². The number of rotatable bonds is 7. The molecule has 0 aromatic carbocycles. The third-order valence-electron chi connectivity index (χ3n) is 3.65. The highest BCUT2D eigenvalue weighted by Crippen LogP contribution is 2.45. The Balaban J connectivity index is 3.67. The Kier molecular flexibility index (Phi) is 5.85. The van der Waals surface area contributed by atoms with Crippen molar-refractivity contribution in [3.05, 3.63) is 0 Å². The molecule has 0 heterocycles. The van der Waals surface area contributed by atoms with E-state index >= 15 is 0 Å². The van der Waals surface area contributed by atoms with Gasteiger partial charge in [0.05, 0.1) is 7.85 Å². The second kappa shape index (κ2) is 5.83. The zero-order valence-corrected chi connectivity index (χ0v) is 10.8. The second-order valence-corrected chi connectivity index (χ2v) is 5.77. The Morgan fingerprint density at radius 1 is 0.857 bits per heavy atom. The molecule has 0 saturated heterocycles. The summed E-state index contributed by atoms with van der Waals surface area (Å²) >= 11 is 0. The topological polar surface area (TPSA) is 0 Å². The van der Waals surface area contributed by atoms with E-state index in [1.807, 2.05) is 0 Å². The van der Waals surface area contributed by atoms with Crippen LogP contribution in [0.2, 0.25) is 5.31 Å². The van der Waals surface area contributed by atoms with E-state index in [0.29, 0.717) is 0 Å². The molecule has 0 atom stereocenters. The summed E-state index contributed by atoms with van der Waals surface area (Å²) in [5, 5.41) is -0.0578. The molecule has 0 aliphatic heterocycles. The largest absolute Gasteiger partial charge is 0.0746 e. The zero-order valence-electron chi connectivity index (χ0n) is 10.8. The molecule has 0 aliphatic rings. The van der Waals surface area contributed by atoms with Crippen LogP contribution in [-0.2, 0) is 0 Å². The molecule has 0 aliphatic carbocycles. The van der Waals surface area contributed by atoms with Crippen molar-refractivity contribution in [1.29, 1.82) is 0 Å². The minimum Gasteiger partial charge on any atom is -0.0674 e. The molecular weight excluding hydrogens is 167 g/mol. The van der Waals surface area contributed by atoms with Crippen LogP contribution in [0.3, 0.4) is 0 Å². The van der Waals surface area contributed by atoms with E-state index in [2.05, 4.69) is 34.6 Å². The van der Waals surface area contributed by atoms with E-state index in [4.69, 9.17) is 7.85 Å². The lowest BCUT2D eigenvalue weighted by Gasteiger charge is -2.39. The summed E-state index contributed by atoms with van der Waals surface area (Å²) in [6.45, 7) is 11.1. The minimum absolute atomic E-state index is 0.0578. The third-order valence-corrected chi connectivity index (χ3v) is 3.65. The van der Waals surface area contributed by atoms with Crippen LogP contribution in [-0.4, -0.2) is 7.85 Å². The number of unbranched alkanes of at least 4 members (excludes halogenated alkanes) is 4. The van der Waals surface area contributed by atoms with Crippen molar-refractivity contribution in [1.82, 2.24) is 0 Å². The lowest BCUT2D eigenvalue weighted by Crippen LogP contribution is -2.26. The fraction of sp³-hybridized carbons (Fsp3) is 1.00. The van der Waals surface area contributed by atoms with Crippen LogP contribution < -0.4 is 0 Å². The first-order chi connectivity index (χ1) is 6.31. The lowest BCUT2D eigenvalue weighted by atomic mass is 9.54. The predicted molar refractivity (Wildman–Crippen MR) is 67.0 cm³/mol. The molecule has 0 nitrogen and oxygen atoms in total. The van der Waals surface area contributed by atoms with Crippen molar-refractivity contribution in [2.45, 2.75) is 78.5 Å². The molecule has 0 aromatic heterocycles. The van der Waals surface area contributed by atoms with Gasteiger partial charge in [0.25, 0.3) is 0 Å². The molecule has 2 radical (unpaired) electrons. The van der Waals surface area contributed by atoms with E-state index in [1.54, 1.807) is 0 Å². The van der Waals surface area contributed by atoms with Crippen LogP contribution in [0.5, 0.6) is 0 Å². The fourth-order valence-electron chi connectivity index (χ4n) is 1.49. The maximum absolute atomic E-state index is 6.15. The smallest absolute Gasteiger partial charge is 0.0674 e. The summed E-state index contributed by atoms with van der Waals surface area (Å²) in [6.07, 6.45) is 8.04. The van der Waals surface area contributed by atoms with Crippen LogP contribution in [0.4, 0.5) is 0 Å². The van der Waals surface area contributed by atoms with Gasteiger partial charge in [-0.25, -0.2) is 0 Å². The highest BCUT2D eigenvalue weighted by atomic mass is 14.3. The standard InChI is InChI=1S/C13H27B/c1-6-7-8-9-10-11-12(2,3)13(4,5)14/h6-11H2,1-5H3. The molecule has 0 N–H and O–H groups in total. The first kappa shape index (κ1) is 14.1. The summed E-state index contributed by atoms with van der Waals surface area (Å²) in [4.78, 5) is 0. The number of hydrogen-bond donors (Lipinski definition) is 0. The average Bonchev–Trinajstić information content (AvgIpc) is 2.02. The minimum atomic E-state index is -0.0578. The molecule has 82 valence electrons. The SMILES string of the molecule is [B]C(C)(C)C(C)(C)CCCCCCC. The molecule has 0 saturated carbocycles. The molecule has 0 aromatic rings. The maximum Gasteiger partial charge on any atom is 0.0746 e. The Morgan fingerprint density at radius 3 is 1.79 bits per heavy atom. The van der Waals surface area contributed by atoms with E-state index in [1.165, 1.54) is 38.5 Å². The van der Waals surface area contributed by atoms with Gasteiger partial charge in [0.15, 0.2) is 0 Å². The van der Waals surface area contributed by atoms with Gasteiger partial charge in [-0.1, -0.05) is 72.0 Å². The zero-order chi connectivity index (χ0) is 11.2. The van der Waals surface area contributed by atoms with E-state index in [0.717, 1.165) is 0 Å². The van der Waals surface area contributed by atoms with Crippen LogP contribution >= 0.6 is 0 Å². The van der Waals surface area contributed by atoms with Crippen molar-refractivity contribution < 1.29 is 0 Å². The fourth-order valence-corrected chi connectivity index (χ4v) is 1.49. The van der Waals surface area contributed by atoms with Crippen molar-refractivity contribution >= 4 is 7.85 Å². The van der Waals surface area contributed by atoms with Gasteiger partial charge in [0.1, 0.15) is 0 Å². The van der Waals surface area contributed by atoms with Crippen LogP contribution in [0.15, 0.2) is 0 Å². The van der Waals surface area contributed by atoms with Gasteiger partial charge in [-0.3, -0.25) is 0 Å². The summed E-state index contributed by atoms with van der Waals surface area (Å²) < 4.78 is 0. The molecule has 0 amide bonds. The van der Waals surface area contributed by atoms with Crippen LogP contribution in [0.1, 0.15) is 73.1 Å². The average molecular weight is 194 g/mol. The summed E-state index contributed by atoms with van der Waals surface area (Å²) in [7, 11) is 6.15. The molecule has 0 unspecified atom stereocenters. The van der Waals surface area contributed by atoms with E-state index < -0.39 is 0 Å². The van der Waals surface area contributed by atoms with E-state index in [9.17, 15) is 0 Å². The van der Waals surface area contributed by atoms with Gasteiger partial charge in [-0.2, -0.15) is 0 Å². The van der Waals surface area contributed by atoms with Crippen molar-refractivity contribution in [2.24, 2.45) is 5.41 Å². The Morgan fingerprint density at radius 2 is 1.36 bits per heavy atom. The molecule has 14 heavy (non-hydrogen) atoms. The third kappa shape index (κ3) is 5.07. The first-order valence-electron chi connectivity index (χ1n) is 6.10. The van der Waals surface area contributed by atoms with Gasteiger partial charge in [0, 0.05) is 0 Å². The Bertz CT molecular complexity index is 142. The summed E-state index contributed by atoms with van der Waals surface area (Å²) in [6, 6.07) is 0. The molecule has 0 fully saturated rings. The van der Waals surface area contributed by atoms with Crippen LogP contribution in [0, 0.1) is 5.41 Å². The normalized spacial score (nSPS) is 13.2. The Labute approximate surface area is 92.3 Å². The summed E-state index contributed by atoms with van der Waals surface area (Å²) in [5.74, 6) is 0. The van der Waals surface area contributed by atoms with E-state index in [-0.39, 0.29) is 10.7 Å². The predicted octanol–water partition coefficient (Wildman–Crippen LogP) is 4.74.